The summed E-state index contributed by atoms with van der Waals surface area (Å²) in [5.74, 6) is -1.52. The number of carbonyl (C=O) groups is 2. The average molecular weight is 306 g/mol. The first-order valence-electron chi connectivity index (χ1n) is 7.56. The summed E-state index contributed by atoms with van der Waals surface area (Å²) in [6.07, 6.45) is 2.02. The van der Waals surface area contributed by atoms with Crippen LogP contribution in [0.25, 0.3) is 0 Å². The van der Waals surface area contributed by atoms with Crippen molar-refractivity contribution in [1.29, 1.82) is 0 Å². The van der Waals surface area contributed by atoms with E-state index in [4.69, 9.17) is 4.74 Å². The second-order valence-corrected chi connectivity index (χ2v) is 5.89. The van der Waals surface area contributed by atoms with Gasteiger partial charge in [-0.25, -0.2) is 4.39 Å². The molecule has 2 N–H and O–H groups in total. The molecule has 1 aromatic carbocycles. The molecule has 0 spiro atoms. The van der Waals surface area contributed by atoms with E-state index in [1.54, 1.807) is 6.07 Å². The Morgan fingerprint density at radius 3 is 3.05 bits per heavy atom. The van der Waals surface area contributed by atoms with Gasteiger partial charge in [-0.05, 0) is 37.5 Å². The van der Waals surface area contributed by atoms with E-state index in [-0.39, 0.29) is 30.4 Å². The van der Waals surface area contributed by atoms with Crippen LogP contribution in [-0.4, -0.2) is 30.6 Å². The summed E-state index contributed by atoms with van der Waals surface area (Å²) in [4.78, 5) is 24.3. The zero-order valence-corrected chi connectivity index (χ0v) is 12.4. The van der Waals surface area contributed by atoms with Crippen LogP contribution in [0.3, 0.4) is 0 Å². The first-order valence-corrected chi connectivity index (χ1v) is 7.56. The van der Waals surface area contributed by atoms with E-state index in [0.29, 0.717) is 11.3 Å². The van der Waals surface area contributed by atoms with Crippen LogP contribution in [0.15, 0.2) is 18.2 Å². The van der Waals surface area contributed by atoms with Crippen molar-refractivity contribution in [3.05, 3.63) is 29.6 Å². The van der Waals surface area contributed by atoms with Crippen LogP contribution in [0.2, 0.25) is 0 Å². The average Bonchev–Trinajstić information content (AvgIpc) is 3.00. The number of benzene rings is 1. The van der Waals surface area contributed by atoms with Gasteiger partial charge < -0.3 is 15.4 Å². The SMILES string of the molecule is C[C@H](NC(=O)[C@H]1CC(=O)Nc2cc(F)ccc21)[C@@H]1CCCO1. The second-order valence-electron chi connectivity index (χ2n) is 5.89. The molecule has 2 aliphatic rings. The van der Waals surface area contributed by atoms with Gasteiger partial charge in [-0.2, -0.15) is 0 Å². The fourth-order valence-corrected chi connectivity index (χ4v) is 3.09. The number of anilines is 1. The van der Waals surface area contributed by atoms with Crippen molar-refractivity contribution >= 4 is 17.5 Å². The molecule has 22 heavy (non-hydrogen) atoms. The smallest absolute Gasteiger partial charge is 0.228 e. The van der Waals surface area contributed by atoms with Crippen LogP contribution in [0.4, 0.5) is 10.1 Å². The molecule has 1 fully saturated rings. The van der Waals surface area contributed by atoms with Crippen LogP contribution >= 0.6 is 0 Å². The largest absolute Gasteiger partial charge is 0.376 e. The number of nitrogens with one attached hydrogen (secondary N) is 2. The Hall–Kier alpha value is -1.95. The van der Waals surface area contributed by atoms with Gasteiger partial charge in [0.2, 0.25) is 11.8 Å². The van der Waals surface area contributed by atoms with Crippen LogP contribution < -0.4 is 10.6 Å². The first kappa shape index (κ1) is 15.0. The van der Waals surface area contributed by atoms with Crippen molar-refractivity contribution in [3.63, 3.8) is 0 Å². The van der Waals surface area contributed by atoms with E-state index < -0.39 is 11.7 Å². The van der Waals surface area contributed by atoms with Crippen molar-refractivity contribution in [2.45, 2.75) is 44.2 Å². The number of ether oxygens (including phenoxy) is 1. The summed E-state index contributed by atoms with van der Waals surface area (Å²) in [5, 5.41) is 5.54. The van der Waals surface area contributed by atoms with E-state index in [1.165, 1.54) is 12.1 Å². The summed E-state index contributed by atoms with van der Waals surface area (Å²) in [6, 6.07) is 4.00. The molecule has 2 amide bonds. The van der Waals surface area contributed by atoms with Gasteiger partial charge in [-0.1, -0.05) is 6.07 Å². The maximum atomic E-state index is 13.3. The lowest BCUT2D eigenvalue weighted by Crippen LogP contribution is -2.44. The Bertz CT molecular complexity index is 599. The molecule has 0 bridgehead atoms. The van der Waals surface area contributed by atoms with Crippen molar-refractivity contribution in [3.8, 4) is 0 Å². The van der Waals surface area contributed by atoms with Crippen LogP contribution in [0.5, 0.6) is 0 Å². The zero-order valence-electron chi connectivity index (χ0n) is 12.4. The summed E-state index contributed by atoms with van der Waals surface area (Å²) in [7, 11) is 0. The Balaban J connectivity index is 1.76. The van der Waals surface area contributed by atoms with E-state index in [2.05, 4.69) is 10.6 Å². The molecule has 1 saturated heterocycles. The maximum Gasteiger partial charge on any atom is 0.228 e. The molecular formula is C16H19FN2O3. The molecule has 6 heteroatoms. The maximum absolute atomic E-state index is 13.3. The Kier molecular flexibility index (Phi) is 4.11. The van der Waals surface area contributed by atoms with Gasteiger partial charge in [-0.3, -0.25) is 9.59 Å². The molecule has 0 aromatic heterocycles. The van der Waals surface area contributed by atoms with E-state index >= 15 is 0 Å². The minimum absolute atomic E-state index is 0.0223. The van der Waals surface area contributed by atoms with E-state index in [0.717, 1.165) is 19.4 Å². The van der Waals surface area contributed by atoms with Crippen molar-refractivity contribution in [1.82, 2.24) is 5.32 Å². The summed E-state index contributed by atoms with van der Waals surface area (Å²) in [6.45, 7) is 2.63. The highest BCUT2D eigenvalue weighted by Crippen LogP contribution is 2.33. The van der Waals surface area contributed by atoms with E-state index in [1.807, 2.05) is 6.92 Å². The lowest BCUT2D eigenvalue weighted by Gasteiger charge is -2.27. The Morgan fingerprint density at radius 1 is 1.50 bits per heavy atom. The monoisotopic (exact) mass is 306 g/mol. The predicted molar refractivity (Wildman–Crippen MR) is 79.0 cm³/mol. The zero-order chi connectivity index (χ0) is 15.7. The fourth-order valence-electron chi connectivity index (χ4n) is 3.09. The number of amides is 2. The highest BCUT2D eigenvalue weighted by Gasteiger charge is 2.33. The molecule has 3 atom stereocenters. The van der Waals surface area contributed by atoms with Crippen molar-refractivity contribution in [2.75, 3.05) is 11.9 Å². The highest BCUT2D eigenvalue weighted by atomic mass is 19.1. The molecule has 2 aliphatic heterocycles. The molecule has 0 radical (unpaired) electrons. The molecule has 5 nitrogen and oxygen atoms in total. The molecular weight excluding hydrogens is 287 g/mol. The lowest BCUT2D eigenvalue weighted by atomic mass is 9.89. The number of hydrogen-bond acceptors (Lipinski definition) is 3. The third-order valence-corrected chi connectivity index (χ3v) is 4.26. The number of halogens is 1. The molecule has 0 aliphatic carbocycles. The summed E-state index contributed by atoms with van der Waals surface area (Å²) < 4.78 is 18.9. The van der Waals surface area contributed by atoms with Gasteiger partial charge in [0.15, 0.2) is 0 Å². The first-order chi connectivity index (χ1) is 10.5. The third kappa shape index (κ3) is 2.97. The Labute approximate surface area is 128 Å². The second kappa shape index (κ2) is 6.04. The van der Waals surface area contributed by atoms with Gasteiger partial charge in [0.1, 0.15) is 5.82 Å². The Morgan fingerprint density at radius 2 is 2.32 bits per heavy atom. The van der Waals surface area contributed by atoms with Gasteiger partial charge in [0, 0.05) is 18.7 Å². The summed E-state index contributed by atoms with van der Waals surface area (Å²) in [5.41, 5.74) is 1.03. The lowest BCUT2D eigenvalue weighted by molar-refractivity contribution is -0.127. The number of carbonyl (C=O) groups excluding carboxylic acids is 2. The van der Waals surface area contributed by atoms with E-state index in [9.17, 15) is 14.0 Å². The van der Waals surface area contributed by atoms with Gasteiger partial charge in [-0.15, -0.1) is 0 Å². The standard InChI is InChI=1S/C16H19FN2O3/c1-9(14-3-2-6-22-14)18-16(21)12-8-15(20)19-13-7-10(17)4-5-11(12)13/h4-5,7,9,12,14H,2-3,6,8H2,1H3,(H,18,21)(H,19,20)/t9-,12-,14-/m0/s1. The molecule has 118 valence electrons. The minimum Gasteiger partial charge on any atom is -0.376 e. The topological polar surface area (TPSA) is 67.4 Å². The van der Waals surface area contributed by atoms with Gasteiger partial charge in [0.05, 0.1) is 18.1 Å². The van der Waals surface area contributed by atoms with Gasteiger partial charge >= 0.3 is 0 Å². The van der Waals surface area contributed by atoms with Crippen LogP contribution in [-0.2, 0) is 14.3 Å². The van der Waals surface area contributed by atoms with Crippen LogP contribution in [0.1, 0.15) is 37.7 Å². The predicted octanol–water partition coefficient (Wildman–Crippen LogP) is 1.94. The van der Waals surface area contributed by atoms with Crippen molar-refractivity contribution in [2.24, 2.45) is 0 Å². The van der Waals surface area contributed by atoms with Crippen molar-refractivity contribution < 1.29 is 18.7 Å². The number of fused-ring (bicyclic) bond motifs is 1. The number of rotatable bonds is 3. The molecule has 3 rings (SSSR count). The molecule has 0 unspecified atom stereocenters. The quantitative estimate of drug-likeness (QED) is 0.897. The molecule has 0 saturated carbocycles. The van der Waals surface area contributed by atoms with Crippen LogP contribution in [0, 0.1) is 5.82 Å². The fraction of sp³-hybridized carbons (Fsp3) is 0.500. The molecule has 1 aromatic rings. The third-order valence-electron chi connectivity index (χ3n) is 4.26. The molecule has 2 heterocycles. The minimum atomic E-state index is -0.590. The normalized spacial score (nSPS) is 25.3. The van der Waals surface area contributed by atoms with Gasteiger partial charge in [0.25, 0.3) is 0 Å². The number of hydrogen-bond donors (Lipinski definition) is 2. The summed E-state index contributed by atoms with van der Waals surface area (Å²) >= 11 is 0. The highest BCUT2D eigenvalue weighted by molar-refractivity contribution is 6.01.